The number of anilines is 1. The van der Waals surface area contributed by atoms with Gasteiger partial charge in [0.25, 0.3) is 5.91 Å². The van der Waals surface area contributed by atoms with E-state index in [4.69, 9.17) is 0 Å². The smallest absolute Gasteiger partial charge is 0.270 e. The molecular formula is C10H10N2O3S. The van der Waals surface area contributed by atoms with Gasteiger partial charge >= 0.3 is 10.2 Å². The van der Waals surface area contributed by atoms with Crippen molar-refractivity contribution in [1.29, 1.82) is 0 Å². The number of benzene rings is 1. The van der Waals surface area contributed by atoms with Crippen LogP contribution in [0.3, 0.4) is 0 Å². The molecule has 1 aliphatic heterocycles. The number of para-hydroxylation sites is 1. The van der Waals surface area contributed by atoms with Crippen molar-refractivity contribution in [3.63, 3.8) is 0 Å². The van der Waals surface area contributed by atoms with Gasteiger partial charge in [0.15, 0.2) is 0 Å². The first-order valence-corrected chi connectivity index (χ1v) is 6.05. The van der Waals surface area contributed by atoms with Gasteiger partial charge in [0, 0.05) is 11.8 Å². The summed E-state index contributed by atoms with van der Waals surface area (Å²) in [5.74, 6) is -0.567. The fraction of sp³-hybridized carbons (Fsp3) is 0.100. The summed E-state index contributed by atoms with van der Waals surface area (Å²) >= 11 is 0. The molecule has 6 heteroatoms. The Hall–Kier alpha value is -1.82. The highest BCUT2D eigenvalue weighted by Crippen LogP contribution is 2.20. The summed E-state index contributed by atoms with van der Waals surface area (Å²) in [5, 5.41) is 0. The van der Waals surface area contributed by atoms with Crippen LogP contribution in [-0.2, 0) is 15.0 Å². The number of carbonyl (C=O) groups is 1. The standard InChI is InChI=1S/C10H10N2O3S/c1-8-7-10(13)12(16(14,15)11-8)9-5-3-2-4-6-9/h2-7,11H,1H3. The van der Waals surface area contributed by atoms with Gasteiger partial charge in [-0.2, -0.15) is 12.7 Å². The quantitative estimate of drug-likeness (QED) is 0.786. The lowest BCUT2D eigenvalue weighted by Crippen LogP contribution is -2.47. The molecule has 0 unspecified atom stereocenters. The van der Waals surface area contributed by atoms with Gasteiger partial charge < -0.3 is 0 Å². The fourth-order valence-corrected chi connectivity index (χ4v) is 2.72. The zero-order chi connectivity index (χ0) is 11.8. The van der Waals surface area contributed by atoms with Crippen molar-refractivity contribution >= 4 is 21.8 Å². The molecule has 84 valence electrons. The van der Waals surface area contributed by atoms with Gasteiger partial charge in [-0.25, -0.2) is 0 Å². The molecule has 5 nitrogen and oxygen atoms in total. The fourth-order valence-electron chi connectivity index (χ4n) is 1.47. The van der Waals surface area contributed by atoms with Crippen LogP contribution in [0.2, 0.25) is 0 Å². The lowest BCUT2D eigenvalue weighted by atomic mass is 10.3. The van der Waals surface area contributed by atoms with Gasteiger partial charge in [-0.15, -0.1) is 0 Å². The second-order valence-electron chi connectivity index (χ2n) is 3.37. The maximum Gasteiger partial charge on any atom is 0.330 e. The van der Waals surface area contributed by atoms with Gasteiger partial charge in [-0.3, -0.25) is 9.52 Å². The maximum absolute atomic E-state index is 11.8. The number of hydrogen-bond donors (Lipinski definition) is 1. The summed E-state index contributed by atoms with van der Waals surface area (Å²) in [7, 11) is -3.81. The van der Waals surface area contributed by atoms with E-state index >= 15 is 0 Å². The summed E-state index contributed by atoms with van der Waals surface area (Å²) in [6.45, 7) is 1.53. The summed E-state index contributed by atoms with van der Waals surface area (Å²) in [4.78, 5) is 11.7. The number of amides is 1. The normalized spacial score (nSPS) is 18.9. The molecule has 0 radical (unpaired) electrons. The predicted octanol–water partition coefficient (Wildman–Crippen LogP) is 0.771. The molecule has 1 N–H and O–H groups in total. The van der Waals surface area contributed by atoms with Crippen molar-refractivity contribution < 1.29 is 13.2 Å². The summed E-state index contributed by atoms with van der Waals surface area (Å²) in [6, 6.07) is 8.21. The molecule has 2 rings (SSSR count). The van der Waals surface area contributed by atoms with E-state index in [-0.39, 0.29) is 0 Å². The Bertz CT molecular complexity index is 549. The summed E-state index contributed by atoms with van der Waals surface area (Å²) in [5.41, 5.74) is 0.640. The van der Waals surface area contributed by atoms with Crippen LogP contribution in [0.4, 0.5) is 5.69 Å². The lowest BCUT2D eigenvalue weighted by molar-refractivity contribution is -0.113. The van der Waals surface area contributed by atoms with E-state index in [1.54, 1.807) is 30.3 Å². The largest absolute Gasteiger partial charge is 0.330 e. The Balaban J connectivity index is 2.53. The average molecular weight is 238 g/mol. The van der Waals surface area contributed by atoms with Crippen molar-refractivity contribution in [2.75, 3.05) is 4.31 Å². The molecule has 0 aromatic heterocycles. The molecule has 1 aromatic rings. The summed E-state index contributed by atoms with van der Waals surface area (Å²) in [6.07, 6.45) is 1.24. The minimum Gasteiger partial charge on any atom is -0.270 e. The first kappa shape index (κ1) is 10.7. The van der Waals surface area contributed by atoms with Gasteiger partial charge in [-0.05, 0) is 19.1 Å². The van der Waals surface area contributed by atoms with Crippen molar-refractivity contribution in [2.45, 2.75) is 6.92 Å². The second-order valence-corrected chi connectivity index (χ2v) is 4.89. The van der Waals surface area contributed by atoms with E-state index in [0.717, 1.165) is 4.31 Å². The van der Waals surface area contributed by atoms with Crippen LogP contribution < -0.4 is 9.03 Å². The first-order chi connectivity index (χ1) is 7.50. The molecule has 0 bridgehead atoms. The molecular weight excluding hydrogens is 228 g/mol. The zero-order valence-corrected chi connectivity index (χ0v) is 9.36. The molecule has 0 aliphatic carbocycles. The third-order valence-corrected chi connectivity index (χ3v) is 3.51. The predicted molar refractivity (Wildman–Crippen MR) is 59.7 cm³/mol. The highest BCUT2D eigenvalue weighted by molar-refractivity contribution is 7.92. The monoisotopic (exact) mass is 238 g/mol. The topological polar surface area (TPSA) is 66.5 Å². The Kier molecular flexibility index (Phi) is 2.43. The van der Waals surface area contributed by atoms with E-state index in [1.807, 2.05) is 0 Å². The zero-order valence-electron chi connectivity index (χ0n) is 8.54. The molecule has 1 heterocycles. The minimum atomic E-state index is -3.81. The van der Waals surface area contributed by atoms with Crippen molar-refractivity contribution in [3.05, 3.63) is 42.1 Å². The number of nitrogens with zero attached hydrogens (tertiary/aromatic N) is 1. The minimum absolute atomic E-state index is 0.317. The molecule has 1 amide bonds. The maximum atomic E-state index is 11.8. The van der Waals surface area contributed by atoms with Gasteiger partial charge in [0.1, 0.15) is 0 Å². The van der Waals surface area contributed by atoms with Crippen molar-refractivity contribution in [1.82, 2.24) is 4.72 Å². The molecule has 16 heavy (non-hydrogen) atoms. The van der Waals surface area contributed by atoms with Crippen LogP contribution in [0.15, 0.2) is 42.1 Å². The number of rotatable bonds is 1. The highest BCUT2D eigenvalue weighted by atomic mass is 32.2. The van der Waals surface area contributed by atoms with Crippen LogP contribution in [0.5, 0.6) is 0 Å². The molecule has 0 saturated heterocycles. The Morgan fingerprint density at radius 2 is 1.81 bits per heavy atom. The van der Waals surface area contributed by atoms with Gasteiger partial charge in [-0.1, -0.05) is 18.2 Å². The summed E-state index contributed by atoms with van der Waals surface area (Å²) < 4.78 is 26.5. The lowest BCUT2D eigenvalue weighted by Gasteiger charge is -2.25. The van der Waals surface area contributed by atoms with Gasteiger partial charge in [0.05, 0.1) is 5.69 Å². The highest BCUT2D eigenvalue weighted by Gasteiger charge is 2.31. The number of hydrogen-bond acceptors (Lipinski definition) is 3. The SMILES string of the molecule is CC1=CC(=O)N(c2ccccc2)S(=O)(=O)N1. The molecule has 1 aliphatic rings. The molecule has 0 saturated carbocycles. The van der Waals surface area contributed by atoms with Crippen LogP contribution in [0, 0.1) is 0 Å². The first-order valence-electron chi connectivity index (χ1n) is 4.61. The van der Waals surface area contributed by atoms with E-state index in [2.05, 4.69) is 4.72 Å². The molecule has 0 atom stereocenters. The Morgan fingerprint density at radius 3 is 2.38 bits per heavy atom. The van der Waals surface area contributed by atoms with Crippen LogP contribution >= 0.6 is 0 Å². The van der Waals surface area contributed by atoms with E-state index < -0.39 is 16.1 Å². The molecule has 0 spiro atoms. The number of carbonyl (C=O) groups excluding carboxylic acids is 1. The Morgan fingerprint density at radius 1 is 1.19 bits per heavy atom. The van der Waals surface area contributed by atoms with E-state index in [9.17, 15) is 13.2 Å². The number of nitrogens with one attached hydrogen (secondary N) is 1. The van der Waals surface area contributed by atoms with E-state index in [0.29, 0.717) is 11.4 Å². The van der Waals surface area contributed by atoms with Crippen molar-refractivity contribution in [3.8, 4) is 0 Å². The van der Waals surface area contributed by atoms with Crippen LogP contribution in [-0.4, -0.2) is 14.3 Å². The molecule has 0 fully saturated rings. The average Bonchev–Trinajstić information content (AvgIpc) is 2.15. The van der Waals surface area contributed by atoms with E-state index in [1.165, 1.54) is 13.0 Å². The third kappa shape index (κ3) is 1.79. The van der Waals surface area contributed by atoms with Gasteiger partial charge in [0.2, 0.25) is 0 Å². The third-order valence-electron chi connectivity index (χ3n) is 2.06. The molecule has 1 aromatic carbocycles. The Labute approximate surface area is 93.6 Å². The van der Waals surface area contributed by atoms with Crippen molar-refractivity contribution in [2.24, 2.45) is 0 Å². The van der Waals surface area contributed by atoms with Crippen LogP contribution in [0.1, 0.15) is 6.92 Å². The second kappa shape index (κ2) is 3.64. The number of allylic oxidation sites excluding steroid dienone is 1. The van der Waals surface area contributed by atoms with Crippen LogP contribution in [0.25, 0.3) is 0 Å².